The fourth-order valence-electron chi connectivity index (χ4n) is 1.74. The Morgan fingerprint density at radius 1 is 1.33 bits per heavy atom. The summed E-state index contributed by atoms with van der Waals surface area (Å²) in [5.74, 6) is 0.789. The molecule has 4 heteroatoms. The largest absolute Gasteiger partial charge is 0.496 e. The monoisotopic (exact) mass is 250 g/mol. The molecule has 18 heavy (non-hydrogen) atoms. The molecule has 1 aromatic rings. The van der Waals surface area contributed by atoms with Crippen LogP contribution in [-0.4, -0.2) is 26.6 Å². The van der Waals surface area contributed by atoms with E-state index in [1.807, 2.05) is 18.2 Å². The molecule has 0 aromatic heterocycles. The van der Waals surface area contributed by atoms with Gasteiger partial charge in [0.15, 0.2) is 0 Å². The minimum atomic E-state index is -0.0532. The van der Waals surface area contributed by atoms with Gasteiger partial charge in [-0.2, -0.15) is 0 Å². The normalized spacial score (nSPS) is 11.2. The predicted molar refractivity (Wildman–Crippen MR) is 74.3 cm³/mol. The molecule has 0 spiro atoms. The number of likely N-dealkylation sites (N-methyl/N-ethyl adjacent to an activating group) is 1. The van der Waals surface area contributed by atoms with Gasteiger partial charge in [0, 0.05) is 11.3 Å². The van der Waals surface area contributed by atoms with Crippen LogP contribution < -0.4 is 15.4 Å². The van der Waals surface area contributed by atoms with Crippen molar-refractivity contribution in [3.05, 3.63) is 23.8 Å². The highest BCUT2D eigenvalue weighted by Crippen LogP contribution is 2.33. The average Bonchev–Trinajstić information content (AvgIpc) is 2.28. The lowest BCUT2D eigenvalue weighted by atomic mass is 9.86. The van der Waals surface area contributed by atoms with Crippen LogP contribution in [0.3, 0.4) is 0 Å². The topological polar surface area (TPSA) is 50.4 Å². The van der Waals surface area contributed by atoms with E-state index in [4.69, 9.17) is 4.74 Å². The highest BCUT2D eigenvalue weighted by Gasteiger charge is 2.19. The first-order valence-corrected chi connectivity index (χ1v) is 6.01. The minimum absolute atomic E-state index is 0.0327. The number of methoxy groups -OCH3 is 1. The Hall–Kier alpha value is -1.55. The van der Waals surface area contributed by atoms with Crippen LogP contribution in [0.25, 0.3) is 0 Å². The van der Waals surface area contributed by atoms with Gasteiger partial charge in [0.25, 0.3) is 0 Å². The van der Waals surface area contributed by atoms with Gasteiger partial charge in [0.05, 0.1) is 13.7 Å². The van der Waals surface area contributed by atoms with Crippen LogP contribution in [0.5, 0.6) is 5.75 Å². The van der Waals surface area contributed by atoms with Gasteiger partial charge >= 0.3 is 0 Å². The molecule has 0 unspecified atom stereocenters. The van der Waals surface area contributed by atoms with E-state index in [9.17, 15) is 4.79 Å². The Morgan fingerprint density at radius 3 is 2.50 bits per heavy atom. The molecule has 2 N–H and O–H groups in total. The van der Waals surface area contributed by atoms with Gasteiger partial charge < -0.3 is 15.4 Å². The van der Waals surface area contributed by atoms with Crippen molar-refractivity contribution in [2.75, 3.05) is 26.0 Å². The van der Waals surface area contributed by atoms with Crippen LogP contribution in [0.1, 0.15) is 26.3 Å². The van der Waals surface area contributed by atoms with Gasteiger partial charge in [-0.05, 0) is 30.7 Å². The van der Waals surface area contributed by atoms with E-state index in [0.717, 1.165) is 17.0 Å². The van der Waals surface area contributed by atoms with E-state index in [2.05, 4.69) is 31.4 Å². The molecule has 0 saturated heterocycles. The third-order valence-electron chi connectivity index (χ3n) is 2.63. The summed E-state index contributed by atoms with van der Waals surface area (Å²) < 4.78 is 5.35. The van der Waals surface area contributed by atoms with Crippen LogP contribution in [-0.2, 0) is 10.2 Å². The molecule has 0 fully saturated rings. The standard InChI is InChI=1S/C14H22N2O2/c1-14(2,3)11-8-10(6-7-12(11)18-5)16-13(17)9-15-4/h6-8,15H,9H2,1-5H3,(H,16,17). The van der Waals surface area contributed by atoms with Crippen LogP contribution in [0.15, 0.2) is 18.2 Å². The molecule has 100 valence electrons. The van der Waals surface area contributed by atoms with Gasteiger partial charge in [0.1, 0.15) is 5.75 Å². The summed E-state index contributed by atoms with van der Waals surface area (Å²) in [6.45, 7) is 6.65. The van der Waals surface area contributed by atoms with E-state index < -0.39 is 0 Å². The summed E-state index contributed by atoms with van der Waals surface area (Å²) in [5, 5.41) is 5.67. The summed E-state index contributed by atoms with van der Waals surface area (Å²) in [5.41, 5.74) is 1.84. The number of anilines is 1. The summed E-state index contributed by atoms with van der Waals surface area (Å²) in [7, 11) is 3.40. The number of ether oxygens (including phenoxy) is 1. The fourth-order valence-corrected chi connectivity index (χ4v) is 1.74. The highest BCUT2D eigenvalue weighted by molar-refractivity contribution is 5.92. The van der Waals surface area contributed by atoms with Crippen molar-refractivity contribution < 1.29 is 9.53 Å². The van der Waals surface area contributed by atoms with Crippen molar-refractivity contribution in [2.24, 2.45) is 0 Å². The minimum Gasteiger partial charge on any atom is -0.496 e. The van der Waals surface area contributed by atoms with Crippen LogP contribution in [0.4, 0.5) is 5.69 Å². The molecule has 0 atom stereocenters. The third-order valence-corrected chi connectivity index (χ3v) is 2.63. The number of nitrogens with one attached hydrogen (secondary N) is 2. The number of hydrogen-bond acceptors (Lipinski definition) is 3. The Kier molecular flexibility index (Phi) is 4.73. The SMILES string of the molecule is CNCC(=O)Nc1ccc(OC)c(C(C)(C)C)c1. The zero-order chi connectivity index (χ0) is 13.8. The van der Waals surface area contributed by atoms with E-state index in [0.29, 0.717) is 6.54 Å². The molecule has 4 nitrogen and oxygen atoms in total. The van der Waals surface area contributed by atoms with E-state index in [-0.39, 0.29) is 11.3 Å². The number of amides is 1. The second kappa shape index (κ2) is 5.87. The fraction of sp³-hybridized carbons (Fsp3) is 0.500. The first-order valence-electron chi connectivity index (χ1n) is 6.01. The molecule has 1 aromatic carbocycles. The van der Waals surface area contributed by atoms with E-state index in [1.165, 1.54) is 0 Å². The van der Waals surface area contributed by atoms with Gasteiger partial charge in [0.2, 0.25) is 5.91 Å². The lowest BCUT2D eigenvalue weighted by Gasteiger charge is -2.23. The Labute approximate surface area is 109 Å². The molecular weight excluding hydrogens is 228 g/mol. The molecule has 0 heterocycles. The van der Waals surface area contributed by atoms with E-state index in [1.54, 1.807) is 14.2 Å². The Bertz CT molecular complexity index is 422. The van der Waals surface area contributed by atoms with Gasteiger partial charge in [-0.15, -0.1) is 0 Å². The summed E-state index contributed by atoms with van der Waals surface area (Å²) in [4.78, 5) is 11.5. The first kappa shape index (κ1) is 14.5. The second-order valence-electron chi connectivity index (χ2n) is 5.24. The molecule has 0 aliphatic heterocycles. The summed E-state index contributed by atoms with van der Waals surface area (Å²) >= 11 is 0. The predicted octanol–water partition coefficient (Wildman–Crippen LogP) is 2.15. The molecule has 0 saturated carbocycles. The van der Waals surface area contributed by atoms with Crippen molar-refractivity contribution in [3.8, 4) is 5.75 Å². The number of benzene rings is 1. The van der Waals surface area contributed by atoms with Crippen molar-refractivity contribution in [1.29, 1.82) is 0 Å². The van der Waals surface area contributed by atoms with Gasteiger partial charge in [-0.3, -0.25) is 4.79 Å². The molecular formula is C14H22N2O2. The molecule has 0 aliphatic rings. The lowest BCUT2D eigenvalue weighted by molar-refractivity contribution is -0.115. The smallest absolute Gasteiger partial charge is 0.238 e. The third kappa shape index (κ3) is 3.74. The van der Waals surface area contributed by atoms with Crippen LogP contribution in [0.2, 0.25) is 0 Å². The first-order chi connectivity index (χ1) is 8.38. The van der Waals surface area contributed by atoms with Crippen LogP contribution in [0, 0.1) is 0 Å². The van der Waals surface area contributed by atoms with Crippen molar-refractivity contribution in [1.82, 2.24) is 5.32 Å². The molecule has 0 radical (unpaired) electrons. The maximum absolute atomic E-state index is 11.5. The van der Waals surface area contributed by atoms with Crippen molar-refractivity contribution in [2.45, 2.75) is 26.2 Å². The Balaban J connectivity index is 3.00. The molecule has 0 bridgehead atoms. The molecule has 1 amide bonds. The number of carbonyl (C=O) groups excluding carboxylic acids is 1. The highest BCUT2D eigenvalue weighted by atomic mass is 16.5. The van der Waals surface area contributed by atoms with E-state index >= 15 is 0 Å². The number of hydrogen-bond donors (Lipinski definition) is 2. The zero-order valence-corrected chi connectivity index (χ0v) is 11.8. The molecule has 0 aliphatic carbocycles. The average molecular weight is 250 g/mol. The number of carbonyl (C=O) groups is 1. The van der Waals surface area contributed by atoms with Crippen molar-refractivity contribution >= 4 is 11.6 Å². The van der Waals surface area contributed by atoms with Crippen molar-refractivity contribution in [3.63, 3.8) is 0 Å². The van der Waals surface area contributed by atoms with Gasteiger partial charge in [-0.1, -0.05) is 20.8 Å². The van der Waals surface area contributed by atoms with Crippen LogP contribution >= 0.6 is 0 Å². The number of rotatable bonds is 4. The molecule has 1 rings (SSSR count). The second-order valence-corrected chi connectivity index (χ2v) is 5.24. The lowest BCUT2D eigenvalue weighted by Crippen LogP contribution is -2.25. The Morgan fingerprint density at radius 2 is 2.00 bits per heavy atom. The summed E-state index contributed by atoms with van der Waals surface area (Å²) in [6.07, 6.45) is 0. The summed E-state index contributed by atoms with van der Waals surface area (Å²) in [6, 6.07) is 5.70. The maximum atomic E-state index is 11.5. The van der Waals surface area contributed by atoms with Gasteiger partial charge in [-0.25, -0.2) is 0 Å². The zero-order valence-electron chi connectivity index (χ0n) is 11.8. The quantitative estimate of drug-likeness (QED) is 0.861. The maximum Gasteiger partial charge on any atom is 0.238 e.